The molecule has 0 aliphatic carbocycles. The number of benzene rings is 2. The fourth-order valence-corrected chi connectivity index (χ4v) is 3.23. The lowest BCUT2D eigenvalue weighted by Crippen LogP contribution is -2.25. The summed E-state index contributed by atoms with van der Waals surface area (Å²) in [6, 6.07) is 9.21. The van der Waals surface area contributed by atoms with Gasteiger partial charge in [0.1, 0.15) is 0 Å². The van der Waals surface area contributed by atoms with Gasteiger partial charge in [0.2, 0.25) is 5.78 Å². The van der Waals surface area contributed by atoms with Gasteiger partial charge in [0.25, 0.3) is 0 Å². The van der Waals surface area contributed by atoms with Crippen LogP contribution in [-0.2, 0) is 14.6 Å². The van der Waals surface area contributed by atoms with Gasteiger partial charge in [-0.25, -0.2) is 13.2 Å². The van der Waals surface area contributed by atoms with E-state index < -0.39 is 21.9 Å². The number of esters is 1. The van der Waals surface area contributed by atoms with Crippen LogP contribution in [0.4, 0.5) is 0 Å². The van der Waals surface area contributed by atoms with Crippen molar-refractivity contribution < 1.29 is 22.7 Å². The monoisotopic (exact) mass is 394 g/mol. The molecule has 0 saturated heterocycles. The highest BCUT2D eigenvalue weighted by atomic mass is 35.5. The lowest BCUT2D eigenvalue weighted by Gasteiger charge is -2.15. The Labute approximate surface area is 157 Å². The Bertz CT molecular complexity index is 979. The van der Waals surface area contributed by atoms with Crippen LogP contribution in [0.15, 0.2) is 41.3 Å². The quantitative estimate of drug-likeness (QED) is 0.569. The number of sulfone groups is 1. The molecule has 0 aromatic heterocycles. The summed E-state index contributed by atoms with van der Waals surface area (Å²) in [5, 5.41) is 0.0498. The van der Waals surface area contributed by atoms with Crippen LogP contribution >= 0.6 is 11.6 Å². The topological polar surface area (TPSA) is 77.5 Å². The molecule has 0 spiro atoms. The molecule has 5 nitrogen and oxygen atoms in total. The molecular weight excluding hydrogens is 376 g/mol. The van der Waals surface area contributed by atoms with E-state index in [1.54, 1.807) is 13.0 Å². The zero-order valence-corrected chi connectivity index (χ0v) is 16.4. The molecule has 0 N–H and O–H groups in total. The Balaban J connectivity index is 2.27. The maximum Gasteiger partial charge on any atom is 0.340 e. The first-order valence-corrected chi connectivity index (χ1v) is 10.1. The van der Waals surface area contributed by atoms with Gasteiger partial charge < -0.3 is 4.74 Å². The van der Waals surface area contributed by atoms with Crippen LogP contribution < -0.4 is 0 Å². The first kappa shape index (κ1) is 20.1. The molecule has 2 rings (SSSR count). The number of carbonyl (C=O) groups is 2. The van der Waals surface area contributed by atoms with Gasteiger partial charge in [-0.3, -0.25) is 4.79 Å². The van der Waals surface area contributed by atoms with E-state index in [1.807, 2.05) is 19.1 Å². The van der Waals surface area contributed by atoms with E-state index in [2.05, 4.69) is 0 Å². The predicted octanol–water partition coefficient (Wildman–Crippen LogP) is 3.79. The van der Waals surface area contributed by atoms with Crippen molar-refractivity contribution in [2.75, 3.05) is 6.26 Å². The first-order chi connectivity index (χ1) is 12.0. The summed E-state index contributed by atoms with van der Waals surface area (Å²) < 4.78 is 28.5. The van der Waals surface area contributed by atoms with Crippen LogP contribution in [0.3, 0.4) is 0 Å². The fourth-order valence-electron chi connectivity index (χ4n) is 2.39. The van der Waals surface area contributed by atoms with Crippen LogP contribution in [0.1, 0.15) is 38.8 Å². The fraction of sp³-hybridized carbons (Fsp3) is 0.263. The van der Waals surface area contributed by atoms with E-state index in [-0.39, 0.29) is 21.3 Å². The van der Waals surface area contributed by atoms with Crippen LogP contribution in [0.2, 0.25) is 5.02 Å². The van der Waals surface area contributed by atoms with Gasteiger partial charge in [-0.05, 0) is 50.6 Å². The molecule has 0 unspecified atom stereocenters. The third-order valence-electron chi connectivity index (χ3n) is 3.90. The minimum atomic E-state index is -3.51. The highest BCUT2D eigenvalue weighted by Crippen LogP contribution is 2.22. The minimum Gasteiger partial charge on any atom is -0.451 e. The van der Waals surface area contributed by atoms with E-state index in [0.29, 0.717) is 5.56 Å². The average molecular weight is 395 g/mol. The van der Waals surface area contributed by atoms with Crippen LogP contribution in [0.25, 0.3) is 0 Å². The van der Waals surface area contributed by atoms with Crippen molar-refractivity contribution in [3.63, 3.8) is 0 Å². The number of hydrogen-bond donors (Lipinski definition) is 0. The number of aryl methyl sites for hydroxylation is 2. The van der Waals surface area contributed by atoms with E-state index in [0.717, 1.165) is 23.4 Å². The Morgan fingerprint density at radius 1 is 1.04 bits per heavy atom. The normalized spacial score (nSPS) is 12.5. The van der Waals surface area contributed by atoms with Gasteiger partial charge in [-0.1, -0.05) is 29.3 Å². The average Bonchev–Trinajstić information content (AvgIpc) is 2.55. The van der Waals surface area contributed by atoms with Gasteiger partial charge in [-0.15, -0.1) is 0 Å². The highest BCUT2D eigenvalue weighted by Gasteiger charge is 2.24. The zero-order valence-electron chi connectivity index (χ0n) is 14.9. The number of ketones is 1. The largest absolute Gasteiger partial charge is 0.451 e. The second-order valence-corrected chi connectivity index (χ2v) is 8.57. The molecule has 1 atom stereocenters. The first-order valence-electron chi connectivity index (χ1n) is 7.82. The maximum absolute atomic E-state index is 12.6. The molecule has 7 heteroatoms. The van der Waals surface area contributed by atoms with Crippen LogP contribution in [-0.4, -0.2) is 32.5 Å². The summed E-state index contributed by atoms with van der Waals surface area (Å²) in [5.74, 6) is -1.19. The van der Waals surface area contributed by atoms with Crippen LogP contribution in [0, 0.1) is 13.8 Å². The lowest BCUT2D eigenvalue weighted by atomic mass is 9.99. The number of hydrogen-bond acceptors (Lipinski definition) is 5. The Morgan fingerprint density at radius 2 is 1.69 bits per heavy atom. The highest BCUT2D eigenvalue weighted by molar-refractivity contribution is 7.90. The van der Waals surface area contributed by atoms with Gasteiger partial charge >= 0.3 is 5.97 Å². The molecule has 2 aromatic rings. The van der Waals surface area contributed by atoms with E-state index >= 15 is 0 Å². The minimum absolute atomic E-state index is 0.0498. The number of carbonyl (C=O) groups excluding carboxylic acids is 2. The Morgan fingerprint density at radius 3 is 2.31 bits per heavy atom. The summed E-state index contributed by atoms with van der Waals surface area (Å²) in [4.78, 5) is 24.9. The zero-order chi connectivity index (χ0) is 19.6. The van der Waals surface area contributed by atoms with E-state index in [4.69, 9.17) is 16.3 Å². The number of halogens is 1. The number of ether oxygens (including phenoxy) is 1. The summed E-state index contributed by atoms with van der Waals surface area (Å²) in [6.45, 7) is 5.13. The van der Waals surface area contributed by atoms with Crippen molar-refractivity contribution in [2.24, 2.45) is 0 Å². The number of rotatable bonds is 5. The molecule has 0 radical (unpaired) electrons. The molecule has 0 aliphatic rings. The predicted molar refractivity (Wildman–Crippen MR) is 99.7 cm³/mol. The molecule has 0 fully saturated rings. The van der Waals surface area contributed by atoms with Gasteiger partial charge in [0, 0.05) is 11.8 Å². The second-order valence-electron chi connectivity index (χ2n) is 6.14. The molecule has 0 bridgehead atoms. The van der Waals surface area contributed by atoms with Crippen molar-refractivity contribution >= 4 is 33.2 Å². The lowest BCUT2D eigenvalue weighted by molar-refractivity contribution is 0.0318. The van der Waals surface area contributed by atoms with Gasteiger partial charge in [-0.2, -0.15) is 0 Å². The third-order valence-corrected chi connectivity index (χ3v) is 5.34. The molecule has 0 heterocycles. The Kier molecular flexibility index (Phi) is 5.88. The maximum atomic E-state index is 12.6. The smallest absolute Gasteiger partial charge is 0.340 e. The standard InChI is InChI=1S/C19H19ClO5S/c1-11-5-6-12(2)15(9-11)18(21)13(3)25-19(22)16-10-14(26(4,23)24)7-8-17(16)20/h5-10,13H,1-4H3/t13-/m1/s1. The summed E-state index contributed by atoms with van der Waals surface area (Å²) in [5.41, 5.74) is 2.07. The van der Waals surface area contributed by atoms with E-state index in [9.17, 15) is 18.0 Å². The van der Waals surface area contributed by atoms with Crippen molar-refractivity contribution in [3.8, 4) is 0 Å². The second kappa shape index (κ2) is 7.60. The van der Waals surface area contributed by atoms with Crippen molar-refractivity contribution in [2.45, 2.75) is 31.8 Å². The molecular formula is C19H19ClO5S. The Hall–Kier alpha value is -2.18. The molecule has 2 aromatic carbocycles. The molecule has 138 valence electrons. The molecule has 0 aliphatic heterocycles. The SMILES string of the molecule is Cc1ccc(C)c(C(=O)[C@@H](C)OC(=O)c2cc(S(C)(=O)=O)ccc2Cl)c1. The van der Waals surface area contributed by atoms with E-state index in [1.165, 1.54) is 19.1 Å². The third kappa shape index (κ3) is 4.51. The molecule has 26 heavy (non-hydrogen) atoms. The van der Waals surface area contributed by atoms with Crippen LogP contribution in [0.5, 0.6) is 0 Å². The van der Waals surface area contributed by atoms with Crippen molar-refractivity contribution in [3.05, 3.63) is 63.7 Å². The summed E-state index contributed by atoms with van der Waals surface area (Å²) in [6.07, 6.45) is -0.0150. The van der Waals surface area contributed by atoms with Crippen molar-refractivity contribution in [1.29, 1.82) is 0 Å². The van der Waals surface area contributed by atoms with Crippen molar-refractivity contribution in [1.82, 2.24) is 0 Å². The summed E-state index contributed by atoms with van der Waals surface area (Å²) >= 11 is 5.99. The van der Waals surface area contributed by atoms with Gasteiger partial charge in [0.05, 0.1) is 15.5 Å². The summed E-state index contributed by atoms with van der Waals surface area (Å²) in [7, 11) is -3.51. The van der Waals surface area contributed by atoms with Gasteiger partial charge in [0.15, 0.2) is 15.9 Å². The molecule has 0 saturated carbocycles. The number of Topliss-reactive ketones (excluding diaryl/α,β-unsaturated/α-hetero) is 1. The molecule has 0 amide bonds.